The quantitative estimate of drug-likeness (QED) is 0.796. The molecule has 0 saturated carbocycles. The van der Waals surface area contributed by atoms with Gasteiger partial charge >= 0.3 is 0 Å². The first-order chi connectivity index (χ1) is 11.8. The number of aromatic nitrogens is 3. The second-order valence-electron chi connectivity index (χ2n) is 5.73. The Bertz CT molecular complexity index is 849. The van der Waals surface area contributed by atoms with Gasteiger partial charge < -0.3 is 5.32 Å². The Morgan fingerprint density at radius 3 is 2.92 bits per heavy atom. The molecule has 3 heterocycles. The van der Waals surface area contributed by atoms with Gasteiger partial charge in [0.05, 0.1) is 10.9 Å². The van der Waals surface area contributed by atoms with E-state index in [4.69, 9.17) is 4.98 Å². The molecule has 1 aliphatic carbocycles. The van der Waals surface area contributed by atoms with Crippen molar-refractivity contribution in [1.82, 2.24) is 20.3 Å². The molecular weight excluding hydrogens is 320 g/mol. The minimum Gasteiger partial charge on any atom is -0.344 e. The topological polar surface area (TPSA) is 67.8 Å². The number of fused-ring (bicyclic) bond motifs is 1. The smallest absolute Gasteiger partial charge is 0.261 e. The second-order valence-corrected chi connectivity index (χ2v) is 6.67. The predicted octanol–water partition coefficient (Wildman–Crippen LogP) is 3.41. The van der Waals surface area contributed by atoms with Gasteiger partial charge in [-0.3, -0.25) is 9.78 Å². The summed E-state index contributed by atoms with van der Waals surface area (Å²) >= 11 is 1.45. The van der Waals surface area contributed by atoms with Gasteiger partial charge in [-0.15, -0.1) is 11.3 Å². The first-order valence-electron chi connectivity index (χ1n) is 7.92. The molecule has 3 aromatic heterocycles. The number of nitrogens with zero attached hydrogens (tertiary/aromatic N) is 3. The second kappa shape index (κ2) is 6.49. The molecule has 5 nitrogen and oxygen atoms in total. The van der Waals surface area contributed by atoms with Gasteiger partial charge in [0.1, 0.15) is 0 Å². The molecule has 4 rings (SSSR count). The Hall–Kier alpha value is -2.60. The van der Waals surface area contributed by atoms with Crippen molar-refractivity contribution in [2.45, 2.75) is 25.3 Å². The van der Waals surface area contributed by atoms with E-state index in [0.717, 1.165) is 41.0 Å². The zero-order valence-corrected chi connectivity index (χ0v) is 13.8. The normalized spacial score (nSPS) is 16.4. The maximum atomic E-state index is 12.3. The van der Waals surface area contributed by atoms with Crippen LogP contribution in [0, 0.1) is 0 Å². The molecule has 3 aromatic rings. The highest BCUT2D eigenvalue weighted by atomic mass is 32.1. The van der Waals surface area contributed by atoms with Crippen LogP contribution in [-0.2, 0) is 6.42 Å². The van der Waals surface area contributed by atoms with Gasteiger partial charge in [0.15, 0.2) is 5.82 Å². The lowest BCUT2D eigenvalue weighted by Gasteiger charge is -2.25. The van der Waals surface area contributed by atoms with Crippen molar-refractivity contribution in [2.24, 2.45) is 0 Å². The van der Waals surface area contributed by atoms with Crippen LogP contribution in [0.5, 0.6) is 0 Å². The van der Waals surface area contributed by atoms with E-state index in [1.165, 1.54) is 11.3 Å². The molecule has 1 N–H and O–H groups in total. The van der Waals surface area contributed by atoms with Gasteiger partial charge in [0, 0.05) is 35.4 Å². The summed E-state index contributed by atoms with van der Waals surface area (Å²) in [7, 11) is 0. The lowest BCUT2D eigenvalue weighted by molar-refractivity contribution is 0.0936. The lowest BCUT2D eigenvalue weighted by atomic mass is 9.92. The van der Waals surface area contributed by atoms with Gasteiger partial charge in [-0.25, -0.2) is 9.97 Å². The summed E-state index contributed by atoms with van der Waals surface area (Å²) in [6.07, 6.45) is 8.18. The van der Waals surface area contributed by atoms with Gasteiger partial charge in [0.2, 0.25) is 0 Å². The van der Waals surface area contributed by atoms with Crippen LogP contribution in [0.4, 0.5) is 0 Å². The first-order valence-corrected chi connectivity index (χ1v) is 8.80. The Kier molecular flexibility index (Phi) is 4.04. The summed E-state index contributed by atoms with van der Waals surface area (Å²) in [6, 6.07) is 7.52. The monoisotopic (exact) mass is 336 g/mol. The number of aryl methyl sites for hydroxylation is 1. The summed E-state index contributed by atoms with van der Waals surface area (Å²) in [6.45, 7) is 0. The number of nitrogens with one attached hydrogen (secondary N) is 1. The summed E-state index contributed by atoms with van der Waals surface area (Å²) in [5, 5.41) is 5.03. The number of carbonyl (C=O) groups excluding carboxylic acids is 1. The van der Waals surface area contributed by atoms with E-state index in [2.05, 4.69) is 15.3 Å². The molecule has 0 radical (unpaired) electrons. The van der Waals surface area contributed by atoms with Gasteiger partial charge in [-0.1, -0.05) is 6.07 Å². The van der Waals surface area contributed by atoms with E-state index >= 15 is 0 Å². The number of carbonyl (C=O) groups is 1. The molecule has 0 aromatic carbocycles. The zero-order chi connectivity index (χ0) is 16.4. The van der Waals surface area contributed by atoms with E-state index < -0.39 is 0 Å². The zero-order valence-electron chi connectivity index (χ0n) is 13.0. The van der Waals surface area contributed by atoms with Crippen LogP contribution in [0.2, 0.25) is 0 Å². The van der Waals surface area contributed by atoms with E-state index in [1.54, 1.807) is 12.4 Å². The highest BCUT2D eigenvalue weighted by molar-refractivity contribution is 7.12. The van der Waals surface area contributed by atoms with Gasteiger partial charge in [0.25, 0.3) is 5.91 Å². The number of hydrogen-bond donors (Lipinski definition) is 1. The van der Waals surface area contributed by atoms with Crippen LogP contribution < -0.4 is 5.32 Å². The average molecular weight is 336 g/mol. The van der Waals surface area contributed by atoms with Crippen LogP contribution in [0.1, 0.15) is 39.8 Å². The number of hydrogen-bond acceptors (Lipinski definition) is 5. The molecule has 0 aliphatic heterocycles. The van der Waals surface area contributed by atoms with Crippen LogP contribution in [0.3, 0.4) is 0 Å². The van der Waals surface area contributed by atoms with Crippen LogP contribution in [0.25, 0.3) is 11.4 Å². The van der Waals surface area contributed by atoms with Crippen LogP contribution in [-0.4, -0.2) is 20.9 Å². The standard InChI is InChI=1S/C18H16N4OS/c23-18(16-5-2-10-24-16)22-15-4-1-3-14-13(15)11-20-17(21-14)12-6-8-19-9-7-12/h2,5-11,15H,1,3-4H2,(H,22,23). The van der Waals surface area contributed by atoms with Crippen LogP contribution in [0.15, 0.2) is 48.2 Å². The maximum absolute atomic E-state index is 12.3. The molecule has 0 spiro atoms. The van der Waals surface area contributed by atoms with Crippen molar-refractivity contribution in [3.05, 3.63) is 64.4 Å². The molecule has 1 unspecified atom stereocenters. The first kappa shape index (κ1) is 15.0. The molecular formula is C18H16N4OS. The Morgan fingerprint density at radius 1 is 1.25 bits per heavy atom. The average Bonchev–Trinajstić information content (AvgIpc) is 3.17. The predicted molar refractivity (Wildman–Crippen MR) is 92.7 cm³/mol. The van der Waals surface area contributed by atoms with Gasteiger partial charge in [-0.05, 0) is 42.8 Å². The molecule has 120 valence electrons. The van der Waals surface area contributed by atoms with E-state index in [-0.39, 0.29) is 11.9 Å². The summed E-state index contributed by atoms with van der Waals surface area (Å²) in [5.74, 6) is 0.683. The highest BCUT2D eigenvalue weighted by Crippen LogP contribution is 2.30. The number of amides is 1. The Labute approximate surface area is 143 Å². The SMILES string of the molecule is O=C(NC1CCCc2nc(-c3ccncc3)ncc21)c1cccs1. The molecule has 0 fully saturated rings. The third-order valence-electron chi connectivity index (χ3n) is 4.17. The van der Waals surface area contributed by atoms with E-state index in [9.17, 15) is 4.79 Å². The number of rotatable bonds is 3. The fraction of sp³-hybridized carbons (Fsp3) is 0.222. The fourth-order valence-electron chi connectivity index (χ4n) is 2.97. The fourth-order valence-corrected chi connectivity index (χ4v) is 3.60. The van der Waals surface area contributed by atoms with Crippen molar-refractivity contribution in [1.29, 1.82) is 0 Å². The van der Waals surface area contributed by atoms with Crippen molar-refractivity contribution in [3.8, 4) is 11.4 Å². The minimum atomic E-state index is -0.0268. The van der Waals surface area contributed by atoms with Crippen LogP contribution >= 0.6 is 11.3 Å². The summed E-state index contributed by atoms with van der Waals surface area (Å²) < 4.78 is 0. The Morgan fingerprint density at radius 2 is 2.12 bits per heavy atom. The van der Waals surface area contributed by atoms with Crippen molar-refractivity contribution in [3.63, 3.8) is 0 Å². The molecule has 1 amide bonds. The van der Waals surface area contributed by atoms with Gasteiger partial charge in [-0.2, -0.15) is 0 Å². The third-order valence-corrected chi connectivity index (χ3v) is 5.04. The van der Waals surface area contributed by atoms with E-state index in [0.29, 0.717) is 5.82 Å². The lowest BCUT2D eigenvalue weighted by Crippen LogP contribution is -2.31. The largest absolute Gasteiger partial charge is 0.344 e. The summed E-state index contributed by atoms with van der Waals surface area (Å²) in [4.78, 5) is 26.3. The highest BCUT2D eigenvalue weighted by Gasteiger charge is 2.24. The molecule has 1 atom stereocenters. The molecule has 6 heteroatoms. The Balaban J connectivity index is 1.60. The molecule has 24 heavy (non-hydrogen) atoms. The number of pyridine rings is 1. The third kappa shape index (κ3) is 2.92. The summed E-state index contributed by atoms with van der Waals surface area (Å²) in [5.41, 5.74) is 3.01. The van der Waals surface area contributed by atoms with E-state index in [1.807, 2.05) is 35.8 Å². The van der Waals surface area contributed by atoms with Crippen molar-refractivity contribution >= 4 is 17.2 Å². The number of thiophene rings is 1. The molecule has 1 aliphatic rings. The van der Waals surface area contributed by atoms with Crippen molar-refractivity contribution in [2.75, 3.05) is 0 Å². The molecule has 0 bridgehead atoms. The minimum absolute atomic E-state index is 0.0187. The molecule has 0 saturated heterocycles. The maximum Gasteiger partial charge on any atom is 0.261 e. The van der Waals surface area contributed by atoms with Crippen molar-refractivity contribution < 1.29 is 4.79 Å².